The molecule has 20 heavy (non-hydrogen) atoms. The number of aliphatic hydroxyl groups is 1. The van der Waals surface area contributed by atoms with Gasteiger partial charge in [-0.15, -0.1) is 0 Å². The molecule has 112 valence electrons. The van der Waals surface area contributed by atoms with Crippen LogP contribution in [0.2, 0.25) is 0 Å². The van der Waals surface area contributed by atoms with Crippen molar-refractivity contribution in [1.29, 1.82) is 0 Å². The molecule has 1 heterocycles. The van der Waals surface area contributed by atoms with Crippen LogP contribution in [-0.4, -0.2) is 31.4 Å². The molecule has 0 bridgehead atoms. The summed E-state index contributed by atoms with van der Waals surface area (Å²) >= 11 is 0. The molecule has 0 aliphatic carbocycles. The lowest BCUT2D eigenvalue weighted by Gasteiger charge is -2.29. The molecule has 3 heteroatoms. The average Bonchev–Trinajstić information content (AvgIpc) is 2.45. The summed E-state index contributed by atoms with van der Waals surface area (Å²) in [4.78, 5) is 0. The minimum Gasteiger partial charge on any atom is -0.493 e. The number of benzene rings is 1. The lowest BCUT2D eigenvalue weighted by atomic mass is 9.87. The molecule has 0 amide bonds. The molecule has 1 aromatic carbocycles. The van der Waals surface area contributed by atoms with E-state index in [1.54, 1.807) is 0 Å². The van der Waals surface area contributed by atoms with Gasteiger partial charge in [0.25, 0.3) is 0 Å². The van der Waals surface area contributed by atoms with Crippen LogP contribution in [0.15, 0.2) is 24.3 Å². The first-order valence-corrected chi connectivity index (χ1v) is 7.66. The minimum atomic E-state index is 0.243. The fraction of sp³-hybridized carbons (Fsp3) is 0.647. The molecular weight excluding hydrogens is 250 g/mol. The molecule has 1 unspecified atom stereocenters. The van der Waals surface area contributed by atoms with E-state index < -0.39 is 0 Å². The molecule has 0 saturated heterocycles. The highest BCUT2D eigenvalue weighted by molar-refractivity contribution is 5.37. The second-order valence-electron chi connectivity index (χ2n) is 6.49. The second-order valence-corrected chi connectivity index (χ2v) is 6.49. The normalized spacial score (nSPS) is 18.4. The number of aliphatic hydroxyl groups excluding tert-OH is 1. The fourth-order valence-corrected chi connectivity index (χ4v) is 2.86. The van der Waals surface area contributed by atoms with Crippen LogP contribution < -0.4 is 10.1 Å². The fourth-order valence-electron chi connectivity index (χ4n) is 2.86. The topological polar surface area (TPSA) is 41.5 Å². The molecule has 3 nitrogen and oxygen atoms in total. The average molecular weight is 277 g/mol. The maximum absolute atomic E-state index is 8.93. The van der Waals surface area contributed by atoms with Crippen LogP contribution in [0.4, 0.5) is 0 Å². The molecule has 1 aliphatic rings. The molecule has 2 rings (SSSR count). The molecule has 2 N–H and O–H groups in total. The predicted octanol–water partition coefficient (Wildman–Crippen LogP) is 2.94. The van der Waals surface area contributed by atoms with E-state index in [9.17, 15) is 0 Å². The summed E-state index contributed by atoms with van der Waals surface area (Å²) < 4.78 is 5.70. The van der Waals surface area contributed by atoms with Crippen molar-refractivity contribution < 1.29 is 9.84 Å². The molecule has 0 aromatic heterocycles. The van der Waals surface area contributed by atoms with Gasteiger partial charge in [0, 0.05) is 25.6 Å². The summed E-state index contributed by atoms with van der Waals surface area (Å²) in [6, 6.07) is 8.36. The van der Waals surface area contributed by atoms with Crippen LogP contribution in [0, 0.1) is 5.41 Å². The minimum absolute atomic E-state index is 0.243. The largest absolute Gasteiger partial charge is 0.493 e. The van der Waals surface area contributed by atoms with Crippen molar-refractivity contribution >= 4 is 0 Å². The van der Waals surface area contributed by atoms with Gasteiger partial charge in [0.05, 0.1) is 6.61 Å². The third kappa shape index (κ3) is 4.22. The highest BCUT2D eigenvalue weighted by Gasteiger charge is 2.22. The zero-order valence-corrected chi connectivity index (χ0v) is 12.7. The van der Waals surface area contributed by atoms with E-state index in [0.29, 0.717) is 5.92 Å². The van der Waals surface area contributed by atoms with Crippen molar-refractivity contribution in [3.8, 4) is 5.75 Å². The van der Waals surface area contributed by atoms with E-state index in [1.165, 1.54) is 5.56 Å². The molecule has 0 spiro atoms. The Hall–Kier alpha value is -1.06. The Morgan fingerprint density at radius 2 is 2.15 bits per heavy atom. The molecule has 1 aliphatic heterocycles. The summed E-state index contributed by atoms with van der Waals surface area (Å²) in [6.07, 6.45) is 3.02. The Kier molecular flexibility index (Phi) is 5.44. The maximum Gasteiger partial charge on any atom is 0.122 e. The van der Waals surface area contributed by atoms with Crippen molar-refractivity contribution in [1.82, 2.24) is 5.32 Å². The number of para-hydroxylation sites is 1. The number of rotatable bonds is 7. The van der Waals surface area contributed by atoms with Gasteiger partial charge < -0.3 is 15.2 Å². The van der Waals surface area contributed by atoms with Gasteiger partial charge in [0.15, 0.2) is 0 Å². The Morgan fingerprint density at radius 1 is 1.35 bits per heavy atom. The van der Waals surface area contributed by atoms with E-state index in [0.717, 1.165) is 44.7 Å². The molecule has 1 aromatic rings. The van der Waals surface area contributed by atoms with Crippen molar-refractivity contribution in [2.24, 2.45) is 5.41 Å². The highest BCUT2D eigenvalue weighted by atomic mass is 16.5. The van der Waals surface area contributed by atoms with Gasteiger partial charge in [-0.25, -0.2) is 0 Å². The zero-order chi connectivity index (χ0) is 14.4. The van der Waals surface area contributed by atoms with Crippen LogP contribution in [0.25, 0.3) is 0 Å². The monoisotopic (exact) mass is 277 g/mol. The van der Waals surface area contributed by atoms with Crippen LogP contribution in [0.3, 0.4) is 0 Å². The number of ether oxygens (including phenoxy) is 1. The molecule has 0 radical (unpaired) electrons. The van der Waals surface area contributed by atoms with E-state index in [1.807, 2.05) is 6.07 Å². The predicted molar refractivity (Wildman–Crippen MR) is 82.3 cm³/mol. The Labute approximate surface area is 122 Å². The molecule has 1 atom stereocenters. The molecule has 0 fully saturated rings. The lowest BCUT2D eigenvalue weighted by Crippen LogP contribution is -2.33. The standard InChI is InChI=1S/C17H27NO2/c1-17(2,9-5-10-19)13-18-12-14-8-11-20-16-7-4-3-6-15(14)16/h3-4,6-7,14,18-19H,5,8-13H2,1-2H3. The third-order valence-corrected chi connectivity index (χ3v) is 4.09. The van der Waals surface area contributed by atoms with E-state index in [-0.39, 0.29) is 12.0 Å². The van der Waals surface area contributed by atoms with Gasteiger partial charge in [-0.2, -0.15) is 0 Å². The highest BCUT2D eigenvalue weighted by Crippen LogP contribution is 2.33. The van der Waals surface area contributed by atoms with Gasteiger partial charge in [0.2, 0.25) is 0 Å². The first kappa shape index (κ1) is 15.3. The smallest absolute Gasteiger partial charge is 0.122 e. The van der Waals surface area contributed by atoms with Crippen molar-refractivity contribution in [2.75, 3.05) is 26.3 Å². The third-order valence-electron chi connectivity index (χ3n) is 4.09. The number of hydrogen-bond donors (Lipinski definition) is 2. The Morgan fingerprint density at radius 3 is 2.95 bits per heavy atom. The van der Waals surface area contributed by atoms with Crippen molar-refractivity contribution in [3.63, 3.8) is 0 Å². The van der Waals surface area contributed by atoms with Gasteiger partial charge in [-0.1, -0.05) is 32.0 Å². The zero-order valence-electron chi connectivity index (χ0n) is 12.7. The second kappa shape index (κ2) is 7.09. The maximum atomic E-state index is 8.93. The van der Waals surface area contributed by atoms with Crippen LogP contribution in [0.1, 0.15) is 44.6 Å². The van der Waals surface area contributed by atoms with Crippen LogP contribution >= 0.6 is 0 Å². The quantitative estimate of drug-likeness (QED) is 0.805. The number of fused-ring (bicyclic) bond motifs is 1. The van der Waals surface area contributed by atoms with Crippen LogP contribution in [-0.2, 0) is 0 Å². The van der Waals surface area contributed by atoms with E-state index in [4.69, 9.17) is 9.84 Å². The van der Waals surface area contributed by atoms with Crippen molar-refractivity contribution in [3.05, 3.63) is 29.8 Å². The van der Waals surface area contributed by atoms with E-state index in [2.05, 4.69) is 37.4 Å². The molecular formula is C17H27NO2. The van der Waals surface area contributed by atoms with Gasteiger partial charge in [0.1, 0.15) is 5.75 Å². The lowest BCUT2D eigenvalue weighted by molar-refractivity contribution is 0.231. The van der Waals surface area contributed by atoms with Gasteiger partial charge >= 0.3 is 0 Å². The Balaban J connectivity index is 1.83. The first-order chi connectivity index (χ1) is 9.62. The van der Waals surface area contributed by atoms with Gasteiger partial charge in [-0.05, 0) is 36.3 Å². The summed E-state index contributed by atoms with van der Waals surface area (Å²) in [5, 5.41) is 12.5. The van der Waals surface area contributed by atoms with Crippen molar-refractivity contribution in [2.45, 2.75) is 39.0 Å². The summed E-state index contributed by atoms with van der Waals surface area (Å²) in [6.45, 7) is 7.62. The molecule has 0 saturated carbocycles. The first-order valence-electron chi connectivity index (χ1n) is 7.66. The summed E-state index contributed by atoms with van der Waals surface area (Å²) in [7, 11) is 0. The summed E-state index contributed by atoms with van der Waals surface area (Å²) in [5.74, 6) is 1.60. The number of nitrogens with one attached hydrogen (secondary N) is 1. The van der Waals surface area contributed by atoms with E-state index >= 15 is 0 Å². The van der Waals surface area contributed by atoms with Gasteiger partial charge in [-0.3, -0.25) is 0 Å². The summed E-state index contributed by atoms with van der Waals surface area (Å²) in [5.41, 5.74) is 1.58. The Bertz CT molecular complexity index is 417. The number of hydrogen-bond acceptors (Lipinski definition) is 3. The van der Waals surface area contributed by atoms with Crippen LogP contribution in [0.5, 0.6) is 5.75 Å². The SMILES string of the molecule is CC(C)(CCCO)CNCC1CCOc2ccccc21.